The fourth-order valence-corrected chi connectivity index (χ4v) is 1.30. The van der Waals surface area contributed by atoms with E-state index in [0.717, 1.165) is 0 Å². The number of amides is 1. The molecule has 0 fully saturated rings. The lowest BCUT2D eigenvalue weighted by Crippen LogP contribution is -2.40. The monoisotopic (exact) mass is 278 g/mol. The molecule has 0 saturated carbocycles. The van der Waals surface area contributed by atoms with Crippen LogP contribution in [0.25, 0.3) is 0 Å². The molecule has 106 valence electrons. The predicted molar refractivity (Wildman–Crippen MR) is 61.8 cm³/mol. The van der Waals surface area contributed by atoms with E-state index in [9.17, 15) is 18.0 Å². The first kappa shape index (κ1) is 15.1. The van der Waals surface area contributed by atoms with E-state index in [1.807, 2.05) is 5.32 Å². The molecule has 5 nitrogen and oxygen atoms in total. The molecular weight excluding hydrogens is 265 g/mol. The molecule has 1 amide bonds. The van der Waals surface area contributed by atoms with Crippen LogP contribution in [0.15, 0.2) is 18.2 Å². The third kappa shape index (κ3) is 4.02. The second-order valence-corrected chi connectivity index (χ2v) is 3.73. The summed E-state index contributed by atoms with van der Waals surface area (Å²) in [4.78, 5) is 11.7. The van der Waals surface area contributed by atoms with Crippen LogP contribution in [0.3, 0.4) is 0 Å². The van der Waals surface area contributed by atoms with Gasteiger partial charge in [-0.2, -0.15) is 13.2 Å². The van der Waals surface area contributed by atoms with Crippen molar-refractivity contribution in [3.63, 3.8) is 0 Å². The van der Waals surface area contributed by atoms with Crippen molar-refractivity contribution in [2.45, 2.75) is 12.3 Å². The topological polar surface area (TPSA) is 84.6 Å². The Morgan fingerprint density at radius 1 is 1.53 bits per heavy atom. The number of nitrogens with two attached hydrogens (primary N) is 1. The molecule has 0 radical (unpaired) electrons. The minimum Gasteiger partial charge on any atom is -0.496 e. The third-order valence-corrected chi connectivity index (χ3v) is 2.30. The minimum atomic E-state index is -4.78. The van der Waals surface area contributed by atoms with Crippen molar-refractivity contribution < 1.29 is 27.8 Å². The zero-order chi connectivity index (χ0) is 14.6. The number of aliphatic hydroxyl groups is 1. The number of alkyl halides is 3. The molecule has 0 aromatic heterocycles. The molecule has 1 unspecified atom stereocenters. The van der Waals surface area contributed by atoms with Gasteiger partial charge in [-0.15, -0.1) is 0 Å². The Labute approximate surface area is 107 Å². The van der Waals surface area contributed by atoms with Crippen molar-refractivity contribution in [3.8, 4) is 5.75 Å². The zero-order valence-corrected chi connectivity index (χ0v) is 9.99. The number of rotatable bonds is 4. The van der Waals surface area contributed by atoms with E-state index >= 15 is 0 Å². The van der Waals surface area contributed by atoms with Gasteiger partial charge in [0.2, 0.25) is 0 Å². The molecule has 0 saturated heterocycles. The number of hydrogen-bond acceptors (Lipinski definition) is 4. The fraction of sp³-hybridized carbons (Fsp3) is 0.364. The van der Waals surface area contributed by atoms with E-state index < -0.39 is 24.7 Å². The summed E-state index contributed by atoms with van der Waals surface area (Å²) < 4.78 is 41.1. The van der Waals surface area contributed by atoms with Crippen molar-refractivity contribution in [1.82, 2.24) is 5.32 Å². The SMILES string of the molecule is COc1ccc(N)cc1C(=O)NCC(O)C(F)(F)F. The van der Waals surface area contributed by atoms with Crippen molar-refractivity contribution in [3.05, 3.63) is 23.8 Å². The van der Waals surface area contributed by atoms with E-state index in [0.29, 0.717) is 0 Å². The highest BCUT2D eigenvalue weighted by atomic mass is 19.4. The van der Waals surface area contributed by atoms with Crippen LogP contribution in [0.2, 0.25) is 0 Å². The van der Waals surface area contributed by atoms with Gasteiger partial charge in [0.1, 0.15) is 5.75 Å². The highest BCUT2D eigenvalue weighted by Crippen LogP contribution is 2.22. The van der Waals surface area contributed by atoms with Crippen LogP contribution in [0, 0.1) is 0 Å². The van der Waals surface area contributed by atoms with Crippen LogP contribution in [-0.2, 0) is 0 Å². The first-order chi connectivity index (χ1) is 8.75. The molecule has 4 N–H and O–H groups in total. The van der Waals surface area contributed by atoms with Crippen LogP contribution in [0.5, 0.6) is 5.75 Å². The highest BCUT2D eigenvalue weighted by Gasteiger charge is 2.38. The number of carbonyl (C=O) groups is 1. The summed E-state index contributed by atoms with van der Waals surface area (Å²) >= 11 is 0. The first-order valence-corrected chi connectivity index (χ1v) is 5.22. The van der Waals surface area contributed by atoms with Crippen molar-refractivity contribution >= 4 is 11.6 Å². The molecular formula is C11H13F3N2O3. The average Bonchev–Trinajstić information content (AvgIpc) is 2.34. The van der Waals surface area contributed by atoms with E-state index in [2.05, 4.69) is 0 Å². The Hall–Kier alpha value is -1.96. The van der Waals surface area contributed by atoms with Gasteiger partial charge in [0.05, 0.1) is 19.2 Å². The summed E-state index contributed by atoms with van der Waals surface area (Å²) in [5.74, 6) is -0.638. The standard InChI is InChI=1S/C11H13F3N2O3/c1-19-8-3-2-6(15)4-7(8)10(18)16-5-9(17)11(12,13)14/h2-4,9,17H,5,15H2,1H3,(H,16,18). The molecule has 8 heteroatoms. The Balaban J connectivity index is 2.76. The number of carbonyl (C=O) groups excluding carboxylic acids is 1. The summed E-state index contributed by atoms with van der Waals surface area (Å²) in [7, 11) is 1.31. The van der Waals surface area contributed by atoms with Gasteiger partial charge in [-0.25, -0.2) is 0 Å². The van der Waals surface area contributed by atoms with Crippen LogP contribution in [0.4, 0.5) is 18.9 Å². The van der Waals surface area contributed by atoms with E-state index in [4.69, 9.17) is 15.6 Å². The predicted octanol–water partition coefficient (Wildman–Crippen LogP) is 0.930. The lowest BCUT2D eigenvalue weighted by molar-refractivity contribution is -0.201. The van der Waals surface area contributed by atoms with Gasteiger partial charge >= 0.3 is 6.18 Å². The molecule has 19 heavy (non-hydrogen) atoms. The lowest BCUT2D eigenvalue weighted by atomic mass is 10.1. The number of nitrogens with one attached hydrogen (secondary N) is 1. The van der Waals surface area contributed by atoms with Crippen molar-refractivity contribution in [2.75, 3.05) is 19.4 Å². The number of aliphatic hydroxyl groups excluding tert-OH is 1. The van der Waals surface area contributed by atoms with Gasteiger partial charge in [-0.05, 0) is 18.2 Å². The molecule has 0 aliphatic carbocycles. The van der Waals surface area contributed by atoms with E-state index in [-0.39, 0.29) is 17.0 Å². The number of methoxy groups -OCH3 is 1. The molecule has 0 aliphatic heterocycles. The number of benzene rings is 1. The molecule has 0 spiro atoms. The van der Waals surface area contributed by atoms with Crippen LogP contribution >= 0.6 is 0 Å². The molecule has 1 aromatic rings. The van der Waals surface area contributed by atoms with Crippen LogP contribution in [0.1, 0.15) is 10.4 Å². The zero-order valence-electron chi connectivity index (χ0n) is 9.99. The molecule has 1 aromatic carbocycles. The van der Waals surface area contributed by atoms with E-state index in [1.165, 1.54) is 25.3 Å². The summed E-state index contributed by atoms with van der Waals surface area (Å²) in [6.07, 6.45) is -7.41. The maximum Gasteiger partial charge on any atom is 0.416 e. The largest absolute Gasteiger partial charge is 0.496 e. The quantitative estimate of drug-likeness (QED) is 0.715. The summed E-state index contributed by atoms with van der Waals surface area (Å²) in [6.45, 7) is -0.944. The summed E-state index contributed by atoms with van der Waals surface area (Å²) in [5, 5.41) is 10.7. The van der Waals surface area contributed by atoms with Gasteiger partial charge in [0.25, 0.3) is 5.91 Å². The highest BCUT2D eigenvalue weighted by molar-refractivity contribution is 5.97. The van der Waals surface area contributed by atoms with E-state index in [1.54, 1.807) is 0 Å². The smallest absolute Gasteiger partial charge is 0.416 e. The van der Waals surface area contributed by atoms with Crippen LogP contribution in [-0.4, -0.2) is 36.9 Å². The third-order valence-electron chi connectivity index (χ3n) is 2.30. The normalized spacial score (nSPS) is 12.9. The number of ether oxygens (including phenoxy) is 1. The van der Waals surface area contributed by atoms with Crippen LogP contribution < -0.4 is 15.8 Å². The number of anilines is 1. The van der Waals surface area contributed by atoms with Crippen molar-refractivity contribution in [2.24, 2.45) is 0 Å². The number of nitrogen functional groups attached to an aromatic ring is 1. The Morgan fingerprint density at radius 3 is 2.68 bits per heavy atom. The fourth-order valence-electron chi connectivity index (χ4n) is 1.30. The Bertz CT molecular complexity index is 463. The molecule has 0 aliphatic rings. The second-order valence-electron chi connectivity index (χ2n) is 3.73. The molecule has 0 bridgehead atoms. The second kappa shape index (κ2) is 5.79. The van der Waals surface area contributed by atoms with Gasteiger partial charge in [0.15, 0.2) is 6.10 Å². The maximum absolute atomic E-state index is 12.1. The summed E-state index contributed by atoms with van der Waals surface area (Å²) in [5.41, 5.74) is 5.74. The Kier molecular flexibility index (Phi) is 4.60. The van der Waals surface area contributed by atoms with Gasteiger partial charge in [0, 0.05) is 5.69 Å². The molecule has 1 atom stereocenters. The van der Waals surface area contributed by atoms with Gasteiger partial charge in [-0.1, -0.05) is 0 Å². The maximum atomic E-state index is 12.1. The lowest BCUT2D eigenvalue weighted by Gasteiger charge is -2.15. The first-order valence-electron chi connectivity index (χ1n) is 5.22. The number of halogens is 3. The van der Waals surface area contributed by atoms with Gasteiger partial charge < -0.3 is 20.9 Å². The molecule has 1 rings (SSSR count). The van der Waals surface area contributed by atoms with Crippen molar-refractivity contribution in [1.29, 1.82) is 0 Å². The average molecular weight is 278 g/mol. The summed E-state index contributed by atoms with van der Waals surface area (Å²) in [6, 6.07) is 4.18. The molecule has 0 heterocycles. The Morgan fingerprint density at radius 2 is 2.16 bits per heavy atom. The minimum absolute atomic E-state index is 0.00289. The van der Waals surface area contributed by atoms with Gasteiger partial charge in [-0.3, -0.25) is 4.79 Å². The number of hydrogen-bond donors (Lipinski definition) is 3.